The van der Waals surface area contributed by atoms with Crippen LogP contribution in [-0.4, -0.2) is 98.8 Å². The maximum absolute atomic E-state index is 10.8. The second kappa shape index (κ2) is 6.34. The summed E-state index contributed by atoms with van der Waals surface area (Å²) < 4.78 is 22.2. The molecule has 4 bridgehead atoms. The average Bonchev–Trinajstić information content (AvgIpc) is 2.69. The first kappa shape index (κ1) is 18.0. The largest absolute Gasteiger partial charge is 0.394 e. The Kier molecular flexibility index (Phi) is 4.56. The summed E-state index contributed by atoms with van der Waals surface area (Å²) in [7, 11) is 0. The fraction of sp³-hybridized carbons (Fsp3) is 1.00. The Morgan fingerprint density at radius 3 is 2.48 bits per heavy atom. The molecule has 0 amide bonds. The Bertz CT molecular complexity index is 503. The van der Waals surface area contributed by atoms with Gasteiger partial charge in [-0.25, -0.2) is 0 Å². The van der Waals surface area contributed by atoms with Crippen molar-refractivity contribution >= 4 is 0 Å². The fourth-order valence-corrected chi connectivity index (χ4v) is 4.49. The highest BCUT2D eigenvalue weighted by Gasteiger charge is 2.63. The first-order valence-corrected chi connectivity index (χ1v) is 8.47. The zero-order valence-electron chi connectivity index (χ0n) is 13.4. The average molecular weight is 364 g/mol. The van der Waals surface area contributed by atoms with Crippen molar-refractivity contribution in [3.8, 4) is 0 Å². The summed E-state index contributed by atoms with van der Waals surface area (Å²) in [6.07, 6.45) is -8.97. The van der Waals surface area contributed by atoms with Gasteiger partial charge in [-0.3, -0.25) is 0 Å². The number of hydrogen-bond acceptors (Lipinski definition) is 10. The first-order valence-electron chi connectivity index (χ1n) is 8.47. The van der Waals surface area contributed by atoms with Crippen LogP contribution in [0.5, 0.6) is 0 Å². The molecule has 144 valence electrons. The van der Waals surface area contributed by atoms with E-state index in [1.165, 1.54) is 0 Å². The normalized spacial score (nSPS) is 58.3. The van der Waals surface area contributed by atoms with Gasteiger partial charge in [0.15, 0.2) is 18.9 Å². The number of hydrogen-bond donors (Lipinski definition) is 6. The van der Waals surface area contributed by atoms with Crippen LogP contribution in [0.15, 0.2) is 0 Å². The molecular weight excluding hydrogens is 340 g/mol. The van der Waals surface area contributed by atoms with Crippen LogP contribution in [0.2, 0.25) is 0 Å². The molecule has 1 saturated carbocycles. The lowest BCUT2D eigenvalue weighted by Crippen LogP contribution is -2.61. The van der Waals surface area contributed by atoms with Crippen LogP contribution >= 0.6 is 0 Å². The van der Waals surface area contributed by atoms with Gasteiger partial charge in [0.1, 0.15) is 24.4 Å². The number of rotatable bonds is 3. The molecule has 25 heavy (non-hydrogen) atoms. The molecule has 0 aromatic rings. The standard InChI is InChI=1S/C15H24O10/c16-3-7-10(18)11(19)12(20)14(23-7)25-13-9-5-1-8(24-13)22-4-15(9,21)2-6(5)17/h5-14,16-21H,1-4H2. The molecule has 0 spiro atoms. The Hall–Kier alpha value is -0.400. The van der Waals surface area contributed by atoms with E-state index in [-0.39, 0.29) is 18.9 Å². The first-order chi connectivity index (χ1) is 11.8. The SMILES string of the molecule is OCC1OC(OC2OC3CC4C(O)CC(O)(CO3)C24)C(O)C(O)C1O. The van der Waals surface area contributed by atoms with Crippen LogP contribution in [0, 0.1) is 11.8 Å². The second-order valence-corrected chi connectivity index (χ2v) is 7.38. The smallest absolute Gasteiger partial charge is 0.189 e. The van der Waals surface area contributed by atoms with Gasteiger partial charge in [0.2, 0.25) is 0 Å². The molecule has 4 saturated heterocycles. The number of ether oxygens (including phenoxy) is 4. The summed E-state index contributed by atoms with van der Waals surface area (Å²) in [5.74, 6) is -0.880. The molecule has 0 radical (unpaired) electrons. The van der Waals surface area contributed by atoms with Gasteiger partial charge in [0.05, 0.1) is 24.9 Å². The van der Waals surface area contributed by atoms with Crippen LogP contribution in [0.1, 0.15) is 12.8 Å². The fourth-order valence-electron chi connectivity index (χ4n) is 4.49. The van der Waals surface area contributed by atoms with Crippen molar-refractivity contribution in [2.75, 3.05) is 13.2 Å². The van der Waals surface area contributed by atoms with E-state index < -0.39 is 67.5 Å². The minimum absolute atomic E-state index is 0.00440. The monoisotopic (exact) mass is 364 g/mol. The molecule has 10 nitrogen and oxygen atoms in total. The Labute approximate surface area is 143 Å². The quantitative estimate of drug-likeness (QED) is 0.299. The molecule has 6 N–H and O–H groups in total. The summed E-state index contributed by atoms with van der Waals surface area (Å²) in [6, 6.07) is 0. The maximum atomic E-state index is 10.8. The van der Waals surface area contributed by atoms with Gasteiger partial charge in [-0.2, -0.15) is 0 Å². The molecular formula is C15H24O10. The molecule has 5 rings (SSSR count). The van der Waals surface area contributed by atoms with Crippen molar-refractivity contribution < 1.29 is 49.6 Å². The summed E-state index contributed by atoms with van der Waals surface area (Å²) in [5, 5.41) is 60.1. The Morgan fingerprint density at radius 1 is 1.00 bits per heavy atom. The van der Waals surface area contributed by atoms with Crippen LogP contribution in [0.3, 0.4) is 0 Å². The van der Waals surface area contributed by atoms with E-state index in [0.29, 0.717) is 6.42 Å². The van der Waals surface area contributed by atoms with Gasteiger partial charge < -0.3 is 49.6 Å². The molecule has 1 aliphatic carbocycles. The predicted octanol–water partition coefficient (Wildman–Crippen LogP) is -3.37. The van der Waals surface area contributed by atoms with E-state index in [2.05, 4.69) is 0 Å². The molecule has 10 heteroatoms. The molecule has 11 unspecified atom stereocenters. The van der Waals surface area contributed by atoms with Crippen molar-refractivity contribution in [1.82, 2.24) is 0 Å². The van der Waals surface area contributed by atoms with E-state index in [1.54, 1.807) is 0 Å². The van der Waals surface area contributed by atoms with Crippen LogP contribution < -0.4 is 0 Å². The van der Waals surface area contributed by atoms with Crippen molar-refractivity contribution in [2.45, 2.75) is 67.8 Å². The van der Waals surface area contributed by atoms with Crippen molar-refractivity contribution in [2.24, 2.45) is 11.8 Å². The topological polar surface area (TPSA) is 158 Å². The molecule has 5 aliphatic rings. The molecule has 11 atom stereocenters. The third kappa shape index (κ3) is 2.81. The van der Waals surface area contributed by atoms with E-state index in [4.69, 9.17) is 18.9 Å². The zero-order chi connectivity index (χ0) is 17.9. The molecule has 5 fully saturated rings. The highest BCUT2D eigenvalue weighted by atomic mass is 16.8. The van der Waals surface area contributed by atoms with Crippen LogP contribution in [-0.2, 0) is 18.9 Å². The van der Waals surface area contributed by atoms with E-state index in [9.17, 15) is 30.6 Å². The van der Waals surface area contributed by atoms with Gasteiger partial charge in [-0.1, -0.05) is 0 Å². The lowest BCUT2D eigenvalue weighted by Gasteiger charge is -2.44. The lowest BCUT2D eigenvalue weighted by atomic mass is 9.83. The summed E-state index contributed by atoms with van der Waals surface area (Å²) in [4.78, 5) is 0. The molecule has 4 heterocycles. The highest BCUT2D eigenvalue weighted by molar-refractivity contribution is 5.07. The van der Waals surface area contributed by atoms with Gasteiger partial charge in [-0.05, 0) is 0 Å². The minimum Gasteiger partial charge on any atom is -0.394 e. The van der Waals surface area contributed by atoms with Crippen LogP contribution in [0.25, 0.3) is 0 Å². The second-order valence-electron chi connectivity index (χ2n) is 7.38. The molecule has 0 aromatic carbocycles. The minimum atomic E-state index is -1.57. The van der Waals surface area contributed by atoms with Gasteiger partial charge in [-0.15, -0.1) is 0 Å². The van der Waals surface area contributed by atoms with E-state index in [0.717, 1.165) is 0 Å². The van der Waals surface area contributed by atoms with Crippen molar-refractivity contribution in [3.63, 3.8) is 0 Å². The predicted molar refractivity (Wildman–Crippen MR) is 76.6 cm³/mol. The Morgan fingerprint density at radius 2 is 1.76 bits per heavy atom. The summed E-state index contributed by atoms with van der Waals surface area (Å²) >= 11 is 0. The van der Waals surface area contributed by atoms with E-state index in [1.807, 2.05) is 0 Å². The maximum Gasteiger partial charge on any atom is 0.189 e. The number of aliphatic hydroxyl groups excluding tert-OH is 5. The van der Waals surface area contributed by atoms with Gasteiger partial charge >= 0.3 is 0 Å². The van der Waals surface area contributed by atoms with Crippen LogP contribution in [0.4, 0.5) is 0 Å². The number of aliphatic hydroxyl groups is 6. The summed E-state index contributed by atoms with van der Waals surface area (Å²) in [6.45, 7) is -0.568. The van der Waals surface area contributed by atoms with Crippen molar-refractivity contribution in [3.05, 3.63) is 0 Å². The zero-order valence-corrected chi connectivity index (χ0v) is 13.4. The number of fused-ring (bicyclic) bond motifs is 2. The van der Waals surface area contributed by atoms with Crippen molar-refractivity contribution in [1.29, 1.82) is 0 Å². The third-order valence-electron chi connectivity index (χ3n) is 5.82. The third-order valence-corrected chi connectivity index (χ3v) is 5.82. The highest BCUT2D eigenvalue weighted by Crippen LogP contribution is 2.52. The Balaban J connectivity index is 1.54. The molecule has 0 aromatic heterocycles. The molecule has 4 aliphatic heterocycles. The van der Waals surface area contributed by atoms with E-state index >= 15 is 0 Å². The summed E-state index contributed by atoms with van der Waals surface area (Å²) in [5.41, 5.74) is -1.33. The van der Waals surface area contributed by atoms with Gasteiger partial charge in [0.25, 0.3) is 0 Å². The van der Waals surface area contributed by atoms with Gasteiger partial charge in [0, 0.05) is 24.7 Å². The lowest BCUT2D eigenvalue weighted by molar-refractivity contribution is -0.370.